The van der Waals surface area contributed by atoms with Crippen LogP contribution in [-0.2, 0) is 10.1 Å². The number of methoxy groups -OCH3 is 1. The predicted molar refractivity (Wildman–Crippen MR) is 71.9 cm³/mol. The highest BCUT2D eigenvalue weighted by molar-refractivity contribution is 7.85. The lowest BCUT2D eigenvalue weighted by Crippen LogP contribution is -2.25. The maximum absolute atomic E-state index is 10.7. The summed E-state index contributed by atoms with van der Waals surface area (Å²) in [6.45, 7) is 3.33. The van der Waals surface area contributed by atoms with Crippen LogP contribution in [0.5, 0.6) is 5.75 Å². The van der Waals surface area contributed by atoms with Crippen LogP contribution >= 0.6 is 0 Å². The van der Waals surface area contributed by atoms with Gasteiger partial charge in [0.15, 0.2) is 0 Å². The Morgan fingerprint density at radius 1 is 1.39 bits per heavy atom. The van der Waals surface area contributed by atoms with Crippen LogP contribution in [0.2, 0.25) is 0 Å². The first-order valence-electron chi connectivity index (χ1n) is 5.80. The second kappa shape index (κ2) is 6.61. The van der Waals surface area contributed by atoms with E-state index >= 15 is 0 Å². The number of nitrogens with zero attached hydrogens (tertiary/aromatic N) is 1. The van der Waals surface area contributed by atoms with Gasteiger partial charge in [0.2, 0.25) is 0 Å². The second-order valence-electron chi connectivity index (χ2n) is 3.92. The molecule has 18 heavy (non-hydrogen) atoms. The van der Waals surface area contributed by atoms with Crippen molar-refractivity contribution in [3.8, 4) is 5.75 Å². The fourth-order valence-corrected chi connectivity index (χ4v) is 2.21. The van der Waals surface area contributed by atoms with E-state index in [1.165, 1.54) is 0 Å². The van der Waals surface area contributed by atoms with Crippen molar-refractivity contribution in [2.45, 2.75) is 13.3 Å². The summed E-state index contributed by atoms with van der Waals surface area (Å²) >= 11 is 0. The van der Waals surface area contributed by atoms with Crippen LogP contribution in [-0.4, -0.2) is 38.9 Å². The average Bonchev–Trinajstić information content (AvgIpc) is 2.33. The van der Waals surface area contributed by atoms with E-state index < -0.39 is 10.1 Å². The maximum atomic E-state index is 10.7. The molecule has 0 aliphatic heterocycles. The van der Waals surface area contributed by atoms with E-state index in [1.807, 2.05) is 36.1 Å². The molecule has 5 nitrogen and oxygen atoms in total. The molecule has 0 fully saturated rings. The minimum Gasteiger partial charge on any atom is -0.497 e. The second-order valence-corrected chi connectivity index (χ2v) is 5.49. The number of hydrogen-bond donors (Lipinski definition) is 1. The molecule has 102 valence electrons. The Morgan fingerprint density at radius 2 is 2.11 bits per heavy atom. The fraction of sp³-hybridized carbons (Fsp3) is 0.500. The van der Waals surface area contributed by atoms with Gasteiger partial charge in [0.25, 0.3) is 10.1 Å². The van der Waals surface area contributed by atoms with Crippen molar-refractivity contribution in [1.29, 1.82) is 0 Å². The van der Waals surface area contributed by atoms with E-state index in [9.17, 15) is 8.42 Å². The Morgan fingerprint density at radius 3 is 2.67 bits per heavy atom. The highest BCUT2D eigenvalue weighted by Crippen LogP contribution is 2.20. The molecule has 0 spiro atoms. The van der Waals surface area contributed by atoms with Gasteiger partial charge < -0.3 is 9.64 Å². The highest BCUT2D eigenvalue weighted by Gasteiger charge is 2.08. The summed E-state index contributed by atoms with van der Waals surface area (Å²) < 4.78 is 35.1. The van der Waals surface area contributed by atoms with Gasteiger partial charge in [-0.25, -0.2) is 0 Å². The Labute approximate surface area is 108 Å². The number of benzene rings is 1. The average molecular weight is 273 g/mol. The molecule has 0 aliphatic rings. The largest absolute Gasteiger partial charge is 0.497 e. The Balaban J connectivity index is 2.65. The number of anilines is 1. The summed E-state index contributed by atoms with van der Waals surface area (Å²) in [5, 5.41) is 0. The van der Waals surface area contributed by atoms with Crippen molar-refractivity contribution in [2.24, 2.45) is 0 Å². The van der Waals surface area contributed by atoms with Gasteiger partial charge in [-0.2, -0.15) is 8.42 Å². The molecule has 0 saturated heterocycles. The van der Waals surface area contributed by atoms with Gasteiger partial charge in [-0.15, -0.1) is 0 Å². The molecule has 1 aromatic rings. The molecule has 0 saturated carbocycles. The maximum Gasteiger partial charge on any atom is 0.264 e. The van der Waals surface area contributed by atoms with E-state index in [2.05, 4.69) is 0 Å². The molecule has 6 heteroatoms. The third kappa shape index (κ3) is 4.93. The quantitative estimate of drug-likeness (QED) is 0.767. The Bertz CT molecular complexity index is 473. The van der Waals surface area contributed by atoms with Crippen LogP contribution in [0.1, 0.15) is 13.3 Å². The molecule has 0 heterocycles. The smallest absolute Gasteiger partial charge is 0.264 e. The van der Waals surface area contributed by atoms with Crippen LogP contribution in [0.25, 0.3) is 0 Å². The van der Waals surface area contributed by atoms with Gasteiger partial charge in [0.05, 0.1) is 12.9 Å². The third-order valence-electron chi connectivity index (χ3n) is 2.63. The predicted octanol–water partition coefficient (Wildman–Crippen LogP) is 1.80. The zero-order valence-electron chi connectivity index (χ0n) is 10.7. The molecule has 0 atom stereocenters. The highest BCUT2D eigenvalue weighted by atomic mass is 32.2. The number of ether oxygens (including phenoxy) is 1. The van der Waals surface area contributed by atoms with Crippen LogP contribution in [0, 0.1) is 0 Å². The minimum atomic E-state index is -3.87. The first-order chi connectivity index (χ1) is 8.46. The molecule has 1 rings (SSSR count). The van der Waals surface area contributed by atoms with E-state index in [4.69, 9.17) is 9.29 Å². The topological polar surface area (TPSA) is 66.8 Å². The summed E-state index contributed by atoms with van der Waals surface area (Å²) in [5.41, 5.74) is 0.979. The van der Waals surface area contributed by atoms with Crippen molar-refractivity contribution in [3.05, 3.63) is 24.3 Å². The summed E-state index contributed by atoms with van der Waals surface area (Å²) in [6, 6.07) is 7.59. The van der Waals surface area contributed by atoms with Gasteiger partial charge in [-0.3, -0.25) is 4.55 Å². The first-order valence-corrected chi connectivity index (χ1v) is 7.41. The van der Waals surface area contributed by atoms with E-state index in [0.717, 1.165) is 18.0 Å². The summed E-state index contributed by atoms with van der Waals surface area (Å²) in [4.78, 5) is 2.04. The molecule has 1 aromatic carbocycles. The van der Waals surface area contributed by atoms with Crippen molar-refractivity contribution in [2.75, 3.05) is 30.9 Å². The lowest BCUT2D eigenvalue weighted by Gasteiger charge is -2.23. The molecule has 0 bridgehead atoms. The molecule has 0 amide bonds. The van der Waals surface area contributed by atoms with Crippen molar-refractivity contribution in [1.82, 2.24) is 0 Å². The van der Waals surface area contributed by atoms with E-state index in [1.54, 1.807) is 7.11 Å². The molecular weight excluding hydrogens is 254 g/mol. The van der Waals surface area contributed by atoms with Gasteiger partial charge in [0.1, 0.15) is 5.75 Å². The SMILES string of the molecule is CCN(CCCS(=O)(=O)O)c1cccc(OC)c1. The number of hydrogen-bond acceptors (Lipinski definition) is 4. The standard InChI is InChI=1S/C12H19NO4S/c1-3-13(8-5-9-18(14,15)16)11-6-4-7-12(10-11)17-2/h4,6-7,10H,3,5,8-9H2,1-2H3,(H,14,15,16). The Kier molecular flexibility index (Phi) is 5.43. The van der Waals surface area contributed by atoms with Gasteiger partial charge >= 0.3 is 0 Å². The molecule has 0 aromatic heterocycles. The van der Waals surface area contributed by atoms with Gasteiger partial charge in [0, 0.05) is 24.8 Å². The normalized spacial score (nSPS) is 11.3. The van der Waals surface area contributed by atoms with Crippen molar-refractivity contribution >= 4 is 15.8 Å². The monoisotopic (exact) mass is 273 g/mol. The number of rotatable bonds is 7. The van der Waals surface area contributed by atoms with Gasteiger partial charge in [-0.1, -0.05) is 6.07 Å². The summed E-state index contributed by atoms with van der Waals surface area (Å²) in [7, 11) is -2.27. The molecular formula is C12H19NO4S. The zero-order chi connectivity index (χ0) is 13.6. The van der Waals surface area contributed by atoms with Crippen LogP contribution < -0.4 is 9.64 Å². The van der Waals surface area contributed by atoms with Gasteiger partial charge in [-0.05, 0) is 25.5 Å². The molecule has 0 aliphatic carbocycles. The zero-order valence-corrected chi connectivity index (χ0v) is 11.5. The van der Waals surface area contributed by atoms with Crippen molar-refractivity contribution in [3.63, 3.8) is 0 Å². The molecule has 0 radical (unpaired) electrons. The van der Waals surface area contributed by atoms with E-state index in [0.29, 0.717) is 13.0 Å². The van der Waals surface area contributed by atoms with Crippen LogP contribution in [0.15, 0.2) is 24.3 Å². The minimum absolute atomic E-state index is 0.215. The Hall–Kier alpha value is -1.27. The molecule has 0 unspecified atom stereocenters. The van der Waals surface area contributed by atoms with Crippen LogP contribution in [0.3, 0.4) is 0 Å². The fourth-order valence-electron chi connectivity index (χ4n) is 1.71. The summed E-state index contributed by atoms with van der Waals surface area (Å²) in [5.74, 6) is 0.550. The van der Waals surface area contributed by atoms with Crippen molar-refractivity contribution < 1.29 is 17.7 Å². The lowest BCUT2D eigenvalue weighted by atomic mass is 10.2. The third-order valence-corrected chi connectivity index (χ3v) is 3.44. The molecule has 1 N–H and O–H groups in total. The lowest BCUT2D eigenvalue weighted by molar-refractivity contribution is 0.414. The van der Waals surface area contributed by atoms with Crippen LogP contribution in [0.4, 0.5) is 5.69 Å². The van der Waals surface area contributed by atoms with E-state index in [-0.39, 0.29) is 5.75 Å². The summed E-state index contributed by atoms with van der Waals surface area (Å²) in [6.07, 6.45) is 0.393. The first kappa shape index (κ1) is 14.8.